The van der Waals surface area contributed by atoms with Gasteiger partial charge < -0.3 is 15.7 Å². The summed E-state index contributed by atoms with van der Waals surface area (Å²) in [5, 5.41) is 15.5. The van der Waals surface area contributed by atoms with Crippen LogP contribution in [0.1, 0.15) is 18.9 Å². The van der Waals surface area contributed by atoms with E-state index in [0.717, 1.165) is 6.42 Å². The van der Waals surface area contributed by atoms with Crippen molar-refractivity contribution < 1.29 is 17.9 Å². The summed E-state index contributed by atoms with van der Waals surface area (Å²) in [6.45, 7) is 1.90. The average Bonchev–Trinajstić information content (AvgIpc) is 2.78. The van der Waals surface area contributed by atoms with E-state index in [1.165, 1.54) is 30.3 Å². The van der Waals surface area contributed by atoms with Crippen LogP contribution in [0.4, 0.5) is 21.8 Å². The van der Waals surface area contributed by atoms with E-state index in [4.69, 9.17) is 0 Å². The number of nitrogens with zero attached hydrogens (tertiary/aromatic N) is 2. The van der Waals surface area contributed by atoms with Gasteiger partial charge in [-0.05, 0) is 64.3 Å². The van der Waals surface area contributed by atoms with Crippen LogP contribution in [0.3, 0.4) is 0 Å². The molecular weight excluding hydrogens is 501 g/mol. The molecule has 4 N–H and O–H groups in total. The highest BCUT2D eigenvalue weighted by Gasteiger charge is 2.14. The lowest BCUT2D eigenvalue weighted by molar-refractivity contribution is 0.271. The third-order valence-electron chi connectivity index (χ3n) is 4.57. The maximum atomic E-state index is 13.3. The number of benzene rings is 2. The molecule has 8 nitrogen and oxygen atoms in total. The lowest BCUT2D eigenvalue weighted by Crippen LogP contribution is -2.23. The summed E-state index contributed by atoms with van der Waals surface area (Å²) in [4.78, 5) is 8.67. The zero-order chi connectivity index (χ0) is 23.1. The Kier molecular flexibility index (Phi) is 8.13. The molecule has 0 fully saturated rings. The highest BCUT2D eigenvalue weighted by atomic mass is 79.9. The third kappa shape index (κ3) is 6.45. The summed E-state index contributed by atoms with van der Waals surface area (Å²) in [5.41, 5.74) is 1.12. The lowest BCUT2D eigenvalue weighted by Gasteiger charge is -2.16. The van der Waals surface area contributed by atoms with Gasteiger partial charge in [-0.1, -0.05) is 19.1 Å². The van der Waals surface area contributed by atoms with E-state index in [2.05, 4.69) is 41.3 Å². The molecule has 1 unspecified atom stereocenters. The number of sulfonamides is 1. The molecule has 32 heavy (non-hydrogen) atoms. The third-order valence-corrected chi connectivity index (χ3v) is 6.57. The van der Waals surface area contributed by atoms with E-state index < -0.39 is 15.8 Å². The van der Waals surface area contributed by atoms with Gasteiger partial charge in [0.1, 0.15) is 11.6 Å². The second-order valence-electron chi connectivity index (χ2n) is 6.93. The van der Waals surface area contributed by atoms with Gasteiger partial charge in [0.25, 0.3) is 0 Å². The van der Waals surface area contributed by atoms with E-state index in [1.54, 1.807) is 24.4 Å². The van der Waals surface area contributed by atoms with Gasteiger partial charge in [0.15, 0.2) is 0 Å². The first-order valence-corrected chi connectivity index (χ1v) is 12.1. The van der Waals surface area contributed by atoms with Crippen molar-refractivity contribution in [2.24, 2.45) is 0 Å². The number of aromatic nitrogens is 2. The number of rotatable bonds is 10. The Morgan fingerprint density at radius 3 is 2.59 bits per heavy atom. The van der Waals surface area contributed by atoms with Crippen molar-refractivity contribution in [1.29, 1.82) is 0 Å². The minimum absolute atomic E-state index is 0.0187. The molecule has 0 spiro atoms. The maximum Gasteiger partial charge on any atom is 0.240 e. The number of aliphatic hydroxyl groups is 1. The molecule has 0 aliphatic heterocycles. The van der Waals surface area contributed by atoms with Gasteiger partial charge >= 0.3 is 0 Å². The van der Waals surface area contributed by atoms with Crippen LogP contribution in [0.2, 0.25) is 0 Å². The summed E-state index contributed by atoms with van der Waals surface area (Å²) in [7, 11) is -3.76. The molecule has 3 aromatic rings. The Bertz CT molecular complexity index is 1160. The van der Waals surface area contributed by atoms with Crippen molar-refractivity contribution in [2.75, 3.05) is 17.2 Å². The molecule has 0 aliphatic carbocycles. The summed E-state index contributed by atoms with van der Waals surface area (Å²) < 4.78 is 41.4. The zero-order valence-corrected chi connectivity index (χ0v) is 19.6. The Balaban J connectivity index is 1.67. The number of aliphatic hydroxyl groups excluding tert-OH is 1. The van der Waals surface area contributed by atoms with Gasteiger partial charge in [-0.25, -0.2) is 22.5 Å². The molecule has 1 heterocycles. The normalized spacial score (nSPS) is 12.4. The van der Waals surface area contributed by atoms with Crippen molar-refractivity contribution in [3.05, 3.63) is 70.6 Å². The first kappa shape index (κ1) is 24.1. The number of hydrogen-bond acceptors (Lipinski definition) is 7. The Morgan fingerprint density at radius 2 is 1.94 bits per heavy atom. The van der Waals surface area contributed by atoms with Crippen LogP contribution < -0.4 is 15.4 Å². The Hall–Kier alpha value is -2.60. The Labute approximate surface area is 194 Å². The Morgan fingerprint density at radius 1 is 1.19 bits per heavy atom. The highest BCUT2D eigenvalue weighted by Crippen LogP contribution is 2.23. The molecule has 0 bridgehead atoms. The minimum Gasteiger partial charge on any atom is -0.394 e. The molecule has 0 saturated heterocycles. The number of halogens is 2. The molecule has 170 valence electrons. The van der Waals surface area contributed by atoms with E-state index in [9.17, 15) is 17.9 Å². The fourth-order valence-corrected chi connectivity index (χ4v) is 4.08. The van der Waals surface area contributed by atoms with Gasteiger partial charge in [0.2, 0.25) is 16.0 Å². The number of hydrogen-bond donors (Lipinski definition) is 4. The number of anilines is 3. The van der Waals surface area contributed by atoms with E-state index in [1.807, 2.05) is 6.92 Å². The molecule has 0 amide bonds. The van der Waals surface area contributed by atoms with Crippen molar-refractivity contribution in [3.63, 3.8) is 0 Å². The summed E-state index contributed by atoms with van der Waals surface area (Å²) in [6.07, 6.45) is 2.30. The van der Waals surface area contributed by atoms with Crippen LogP contribution in [0.25, 0.3) is 0 Å². The quantitative estimate of drug-likeness (QED) is 0.319. The smallest absolute Gasteiger partial charge is 0.240 e. The van der Waals surface area contributed by atoms with E-state index in [-0.39, 0.29) is 24.1 Å². The van der Waals surface area contributed by atoms with Crippen LogP contribution in [-0.2, 0) is 16.6 Å². The van der Waals surface area contributed by atoms with Crippen LogP contribution >= 0.6 is 15.9 Å². The standard InChI is InChI=1S/C21H23BrFN5O3S/c1-2-16(13-29)26-20-19(22)12-24-21(28-20)27-17-6-8-18(9-7-17)32(30,31)25-11-14-4-3-5-15(23)10-14/h3-10,12,16,25,29H,2,11,13H2,1H3,(H2,24,26,27,28). The largest absolute Gasteiger partial charge is 0.394 e. The van der Waals surface area contributed by atoms with E-state index in [0.29, 0.717) is 27.5 Å². The van der Waals surface area contributed by atoms with Crippen LogP contribution in [0.15, 0.2) is 64.1 Å². The highest BCUT2D eigenvalue weighted by molar-refractivity contribution is 9.10. The summed E-state index contributed by atoms with van der Waals surface area (Å²) >= 11 is 3.38. The average molecular weight is 524 g/mol. The predicted octanol–water partition coefficient (Wildman–Crippen LogP) is 3.78. The van der Waals surface area contributed by atoms with Gasteiger partial charge in [-0.3, -0.25) is 0 Å². The van der Waals surface area contributed by atoms with Gasteiger partial charge in [0.05, 0.1) is 22.0 Å². The fraction of sp³-hybridized carbons (Fsp3) is 0.238. The second-order valence-corrected chi connectivity index (χ2v) is 9.55. The molecule has 11 heteroatoms. The topological polar surface area (TPSA) is 116 Å². The van der Waals surface area contributed by atoms with Gasteiger partial charge in [0, 0.05) is 18.4 Å². The molecule has 0 radical (unpaired) electrons. The number of nitrogens with one attached hydrogen (secondary N) is 3. The second kappa shape index (κ2) is 10.8. The molecule has 1 aromatic heterocycles. The first-order valence-electron chi connectivity index (χ1n) is 9.82. The molecule has 3 rings (SSSR count). The van der Waals surface area contributed by atoms with Crippen molar-refractivity contribution in [1.82, 2.24) is 14.7 Å². The van der Waals surface area contributed by atoms with Crippen LogP contribution in [0.5, 0.6) is 0 Å². The monoisotopic (exact) mass is 523 g/mol. The molecule has 0 aliphatic rings. The van der Waals surface area contributed by atoms with Crippen molar-refractivity contribution in [2.45, 2.75) is 30.8 Å². The molecular formula is C21H23BrFN5O3S. The summed E-state index contributed by atoms with van der Waals surface area (Å²) in [6, 6.07) is 11.7. The first-order chi connectivity index (χ1) is 15.3. The van der Waals surface area contributed by atoms with Gasteiger partial charge in [-0.15, -0.1) is 0 Å². The van der Waals surface area contributed by atoms with Crippen molar-refractivity contribution >= 4 is 43.4 Å². The molecule has 1 atom stereocenters. The predicted molar refractivity (Wildman–Crippen MR) is 125 cm³/mol. The van der Waals surface area contributed by atoms with Crippen LogP contribution in [-0.4, -0.2) is 36.1 Å². The van der Waals surface area contributed by atoms with Crippen molar-refractivity contribution in [3.8, 4) is 0 Å². The molecule has 0 saturated carbocycles. The minimum atomic E-state index is -3.76. The van der Waals surface area contributed by atoms with Gasteiger partial charge in [-0.2, -0.15) is 4.98 Å². The fourth-order valence-electron chi connectivity index (χ4n) is 2.75. The lowest BCUT2D eigenvalue weighted by atomic mass is 10.2. The maximum absolute atomic E-state index is 13.3. The zero-order valence-electron chi connectivity index (χ0n) is 17.2. The summed E-state index contributed by atoms with van der Waals surface area (Å²) in [5.74, 6) is 0.416. The molecule has 2 aromatic carbocycles. The van der Waals surface area contributed by atoms with Crippen LogP contribution in [0, 0.1) is 5.82 Å². The van der Waals surface area contributed by atoms with E-state index >= 15 is 0 Å². The SMILES string of the molecule is CCC(CO)Nc1nc(Nc2ccc(S(=O)(=O)NCc3cccc(F)c3)cc2)ncc1Br.